The summed E-state index contributed by atoms with van der Waals surface area (Å²) >= 11 is 0. The van der Waals surface area contributed by atoms with Gasteiger partial charge < -0.3 is 4.74 Å². The van der Waals surface area contributed by atoms with E-state index in [1.54, 1.807) is 0 Å². The molecule has 0 aliphatic rings. The van der Waals surface area contributed by atoms with Crippen molar-refractivity contribution < 1.29 is 9.84 Å². The van der Waals surface area contributed by atoms with Crippen molar-refractivity contribution in [3.05, 3.63) is 0 Å². The maximum atomic E-state index is 10.9. The van der Waals surface area contributed by atoms with Crippen LogP contribution in [0, 0.1) is 0 Å². The van der Waals surface area contributed by atoms with Gasteiger partial charge in [0.1, 0.15) is 6.73 Å². The van der Waals surface area contributed by atoms with Gasteiger partial charge in [-0.1, -0.05) is 20.3 Å². The van der Waals surface area contributed by atoms with Gasteiger partial charge >= 0.3 is 0 Å². The number of ether oxygens (including phenoxy) is 1. The van der Waals surface area contributed by atoms with Gasteiger partial charge in [0.2, 0.25) is 0 Å². The molecule has 0 aromatic rings. The summed E-state index contributed by atoms with van der Waals surface area (Å²) in [6, 6.07) is 0.429. The van der Waals surface area contributed by atoms with Crippen LogP contribution in [0.15, 0.2) is 0 Å². The standard InChI is InChI=1S/C9H20NO2/c1-4-6-9(11)12-7-10-8(3)5-2/h8-10H,4-7H2,1-3H3. The zero-order chi connectivity index (χ0) is 9.40. The van der Waals surface area contributed by atoms with E-state index in [1.165, 1.54) is 0 Å². The number of rotatable bonds is 7. The summed E-state index contributed by atoms with van der Waals surface area (Å²) in [5.41, 5.74) is 0. The van der Waals surface area contributed by atoms with Crippen molar-refractivity contribution in [2.45, 2.75) is 52.4 Å². The van der Waals surface area contributed by atoms with Gasteiger partial charge in [-0.05, 0) is 13.3 Å². The normalized spacial score (nSPS) is 16.0. The molecule has 0 aliphatic heterocycles. The van der Waals surface area contributed by atoms with Crippen LogP contribution in [0.2, 0.25) is 0 Å². The van der Waals surface area contributed by atoms with Crippen LogP contribution in [-0.4, -0.2) is 19.1 Å². The molecule has 0 rings (SSSR count). The fraction of sp³-hybridized carbons (Fsp3) is 1.00. The van der Waals surface area contributed by atoms with E-state index in [2.05, 4.69) is 19.2 Å². The lowest BCUT2D eigenvalue weighted by Crippen LogP contribution is -2.29. The van der Waals surface area contributed by atoms with Crippen molar-refractivity contribution in [3.8, 4) is 0 Å². The predicted octanol–water partition coefficient (Wildman–Crippen LogP) is 1.91. The van der Waals surface area contributed by atoms with E-state index < -0.39 is 6.29 Å². The van der Waals surface area contributed by atoms with E-state index in [0.29, 0.717) is 19.2 Å². The molecule has 0 aromatic heterocycles. The molecule has 2 unspecified atom stereocenters. The summed E-state index contributed by atoms with van der Waals surface area (Å²) in [4.78, 5) is 0. The van der Waals surface area contributed by atoms with E-state index in [1.807, 2.05) is 6.92 Å². The molecule has 0 aliphatic carbocycles. The Morgan fingerprint density at radius 1 is 1.42 bits per heavy atom. The SMILES string of the molecule is CCCC([O])OCNC(C)CC. The van der Waals surface area contributed by atoms with Crippen LogP contribution in [0.5, 0.6) is 0 Å². The first-order valence-corrected chi connectivity index (χ1v) is 4.71. The van der Waals surface area contributed by atoms with Gasteiger partial charge in [-0.3, -0.25) is 5.32 Å². The minimum Gasteiger partial charge on any atom is -0.334 e. The molecule has 0 heterocycles. The quantitative estimate of drug-likeness (QED) is 0.599. The Hall–Kier alpha value is -0.120. The van der Waals surface area contributed by atoms with Gasteiger partial charge in [0.05, 0.1) is 0 Å². The molecule has 3 nitrogen and oxygen atoms in total. The Bertz CT molecular complexity index is 98.5. The molecular weight excluding hydrogens is 154 g/mol. The summed E-state index contributed by atoms with van der Waals surface area (Å²) in [7, 11) is 0. The topological polar surface area (TPSA) is 41.2 Å². The number of nitrogens with one attached hydrogen (secondary N) is 1. The first-order chi connectivity index (χ1) is 5.70. The van der Waals surface area contributed by atoms with Gasteiger partial charge in [0, 0.05) is 12.5 Å². The molecule has 1 N–H and O–H groups in total. The lowest BCUT2D eigenvalue weighted by Gasteiger charge is -2.13. The molecule has 0 saturated heterocycles. The van der Waals surface area contributed by atoms with Gasteiger partial charge in [-0.25, -0.2) is 5.11 Å². The Morgan fingerprint density at radius 2 is 2.08 bits per heavy atom. The maximum Gasteiger partial charge on any atom is 0.192 e. The fourth-order valence-electron chi connectivity index (χ4n) is 0.747. The largest absolute Gasteiger partial charge is 0.334 e. The van der Waals surface area contributed by atoms with Crippen LogP contribution in [0.1, 0.15) is 40.0 Å². The van der Waals surface area contributed by atoms with Crippen LogP contribution < -0.4 is 5.32 Å². The van der Waals surface area contributed by atoms with Crippen molar-refractivity contribution in [3.63, 3.8) is 0 Å². The predicted molar refractivity (Wildman–Crippen MR) is 48.2 cm³/mol. The van der Waals surface area contributed by atoms with Gasteiger partial charge in [0.25, 0.3) is 0 Å². The summed E-state index contributed by atoms with van der Waals surface area (Å²) < 4.78 is 4.99. The average Bonchev–Trinajstić information content (AvgIpc) is 2.04. The van der Waals surface area contributed by atoms with E-state index >= 15 is 0 Å². The Kier molecular flexibility index (Phi) is 7.45. The van der Waals surface area contributed by atoms with Gasteiger partial charge in [-0.15, -0.1) is 0 Å². The van der Waals surface area contributed by atoms with E-state index in [-0.39, 0.29) is 0 Å². The molecule has 73 valence electrons. The molecule has 2 atom stereocenters. The minimum atomic E-state index is -0.855. The van der Waals surface area contributed by atoms with Crippen molar-refractivity contribution in [2.75, 3.05) is 6.73 Å². The van der Waals surface area contributed by atoms with Crippen molar-refractivity contribution >= 4 is 0 Å². The second-order valence-electron chi connectivity index (χ2n) is 3.04. The van der Waals surface area contributed by atoms with Crippen LogP contribution in [0.3, 0.4) is 0 Å². The molecule has 12 heavy (non-hydrogen) atoms. The summed E-state index contributed by atoms with van der Waals surface area (Å²) in [5.74, 6) is 0. The zero-order valence-electron chi connectivity index (χ0n) is 8.30. The van der Waals surface area contributed by atoms with Gasteiger partial charge in [-0.2, -0.15) is 0 Å². The smallest absolute Gasteiger partial charge is 0.192 e. The summed E-state index contributed by atoms with van der Waals surface area (Å²) in [6.07, 6.45) is 1.69. The Balaban J connectivity index is 3.18. The molecule has 1 radical (unpaired) electrons. The molecule has 0 spiro atoms. The maximum absolute atomic E-state index is 10.9. The second kappa shape index (κ2) is 7.53. The van der Waals surface area contributed by atoms with E-state index in [0.717, 1.165) is 12.8 Å². The summed E-state index contributed by atoms with van der Waals surface area (Å²) in [6.45, 7) is 6.53. The lowest BCUT2D eigenvalue weighted by atomic mass is 10.3. The lowest BCUT2D eigenvalue weighted by molar-refractivity contribution is -0.149. The molecule has 0 saturated carbocycles. The van der Waals surface area contributed by atoms with Crippen LogP contribution in [0.25, 0.3) is 0 Å². The molecule has 0 fully saturated rings. The Morgan fingerprint density at radius 3 is 2.58 bits per heavy atom. The summed E-state index contributed by atoms with van der Waals surface area (Å²) in [5, 5.41) is 14.0. The Labute approximate surface area is 75.1 Å². The molecule has 0 amide bonds. The third kappa shape index (κ3) is 6.58. The minimum absolute atomic E-state index is 0.378. The van der Waals surface area contributed by atoms with Gasteiger partial charge in [0.15, 0.2) is 6.29 Å². The highest BCUT2D eigenvalue weighted by atomic mass is 16.6. The van der Waals surface area contributed by atoms with E-state index in [4.69, 9.17) is 4.74 Å². The average molecular weight is 174 g/mol. The van der Waals surface area contributed by atoms with Crippen molar-refractivity contribution in [1.29, 1.82) is 0 Å². The molecule has 0 bridgehead atoms. The second-order valence-corrected chi connectivity index (χ2v) is 3.04. The highest BCUT2D eigenvalue weighted by Gasteiger charge is 2.04. The third-order valence-corrected chi connectivity index (χ3v) is 1.84. The molecular formula is C9H20NO2. The van der Waals surface area contributed by atoms with Crippen LogP contribution >= 0.6 is 0 Å². The number of hydrogen-bond donors (Lipinski definition) is 1. The van der Waals surface area contributed by atoms with Crippen molar-refractivity contribution in [1.82, 2.24) is 5.32 Å². The fourth-order valence-corrected chi connectivity index (χ4v) is 0.747. The zero-order valence-corrected chi connectivity index (χ0v) is 8.30. The monoisotopic (exact) mass is 174 g/mol. The first kappa shape index (κ1) is 11.9. The third-order valence-electron chi connectivity index (χ3n) is 1.84. The molecule has 3 heteroatoms. The highest BCUT2D eigenvalue weighted by molar-refractivity contribution is 4.52. The first-order valence-electron chi connectivity index (χ1n) is 4.71. The molecule has 0 aromatic carbocycles. The highest BCUT2D eigenvalue weighted by Crippen LogP contribution is 1.97. The number of hydrogen-bond acceptors (Lipinski definition) is 2. The van der Waals surface area contributed by atoms with Crippen molar-refractivity contribution in [2.24, 2.45) is 0 Å². The van der Waals surface area contributed by atoms with E-state index in [9.17, 15) is 5.11 Å². The van der Waals surface area contributed by atoms with Crippen LogP contribution in [0.4, 0.5) is 0 Å². The van der Waals surface area contributed by atoms with Crippen LogP contribution in [-0.2, 0) is 9.84 Å².